The van der Waals surface area contributed by atoms with Crippen LogP contribution in [0.1, 0.15) is 106 Å². The van der Waals surface area contributed by atoms with Crippen LogP contribution < -0.4 is 0 Å². The second-order valence-corrected chi connectivity index (χ2v) is 20.7. The fourth-order valence-corrected chi connectivity index (χ4v) is 13.1. The topological polar surface area (TPSA) is 0 Å². The predicted molar refractivity (Wildman–Crippen MR) is 196 cm³/mol. The van der Waals surface area contributed by atoms with Crippen molar-refractivity contribution in [3.05, 3.63) is 129 Å². The van der Waals surface area contributed by atoms with Crippen molar-refractivity contribution in [2.45, 2.75) is 96.8 Å². The van der Waals surface area contributed by atoms with Crippen LogP contribution >= 0.6 is 0 Å². The molecule has 2 atom stereocenters. The lowest BCUT2D eigenvalue weighted by molar-refractivity contribution is 0.590. The lowest BCUT2D eigenvalue weighted by Gasteiger charge is -2.39. The molecular formula is C43H50Si. The third-order valence-corrected chi connectivity index (χ3v) is 14.9. The lowest BCUT2D eigenvalue weighted by atomic mass is 9.86. The van der Waals surface area contributed by atoms with Crippen LogP contribution in [-0.2, 0) is 10.8 Å². The normalized spacial score (nSPS) is 18.1. The SMILES string of the molecule is CCC1=Cc2c(-c3ccc(C(C)(C)C)cc3)cccc2C1[Si](C)(C)C1C(C)=Cc2c(-c3ccc(C(C)(C)C)cc3)cccc21. The van der Waals surface area contributed by atoms with E-state index in [2.05, 4.69) is 166 Å². The molecule has 2 aliphatic carbocycles. The van der Waals surface area contributed by atoms with E-state index < -0.39 is 8.07 Å². The predicted octanol–water partition coefficient (Wildman–Crippen LogP) is 12.5. The van der Waals surface area contributed by atoms with Gasteiger partial charge in [-0.25, -0.2) is 0 Å². The molecule has 0 saturated carbocycles. The van der Waals surface area contributed by atoms with Crippen LogP contribution in [-0.4, -0.2) is 8.07 Å². The highest BCUT2D eigenvalue weighted by atomic mass is 28.3. The standard InChI is InChI=1S/C43H50Si/c1-11-29-27-39-35(31-20-24-33(25-21-31)43(6,7)8)15-13-17-37(39)41(29)44(9,10)40-28(2)26-38-34(14-12-16-36(38)40)30-18-22-32(23-19-30)42(3,4)5/h12-27,40-41H,11H2,1-10H3. The molecule has 4 aromatic rings. The van der Waals surface area contributed by atoms with Crippen LogP contribution in [0.2, 0.25) is 13.1 Å². The Balaban J connectivity index is 1.40. The van der Waals surface area contributed by atoms with E-state index in [0.717, 1.165) is 6.42 Å². The van der Waals surface area contributed by atoms with Gasteiger partial charge in [0.25, 0.3) is 0 Å². The summed E-state index contributed by atoms with van der Waals surface area (Å²) in [6.45, 7) is 23.8. The highest BCUT2D eigenvalue weighted by Crippen LogP contribution is 2.55. The van der Waals surface area contributed by atoms with Crippen LogP contribution in [0.25, 0.3) is 34.4 Å². The number of fused-ring (bicyclic) bond motifs is 2. The third kappa shape index (κ3) is 5.18. The summed E-state index contributed by atoms with van der Waals surface area (Å²) in [7, 11) is -1.94. The average molecular weight is 595 g/mol. The van der Waals surface area contributed by atoms with Crippen molar-refractivity contribution in [2.75, 3.05) is 0 Å². The maximum atomic E-state index is 2.66. The number of benzene rings is 4. The summed E-state index contributed by atoms with van der Waals surface area (Å²) >= 11 is 0. The molecule has 0 aromatic heterocycles. The Morgan fingerprint density at radius 1 is 0.568 bits per heavy atom. The van der Waals surface area contributed by atoms with Gasteiger partial charge < -0.3 is 0 Å². The Kier molecular flexibility index (Phi) is 7.57. The van der Waals surface area contributed by atoms with E-state index in [0.29, 0.717) is 11.1 Å². The van der Waals surface area contributed by atoms with Gasteiger partial charge in [0, 0.05) is 11.1 Å². The van der Waals surface area contributed by atoms with Crippen LogP contribution in [0.15, 0.2) is 96.1 Å². The fourth-order valence-electron chi connectivity index (χ4n) is 8.16. The molecule has 0 spiro atoms. The van der Waals surface area contributed by atoms with Gasteiger partial charge in [-0.1, -0.05) is 170 Å². The van der Waals surface area contributed by atoms with Gasteiger partial charge in [0.2, 0.25) is 0 Å². The number of hydrogen-bond acceptors (Lipinski definition) is 0. The quantitative estimate of drug-likeness (QED) is 0.202. The minimum atomic E-state index is -1.94. The highest BCUT2D eigenvalue weighted by molar-refractivity contribution is 6.81. The van der Waals surface area contributed by atoms with Crippen molar-refractivity contribution < 1.29 is 0 Å². The van der Waals surface area contributed by atoms with Crippen LogP contribution in [0.3, 0.4) is 0 Å². The average Bonchev–Trinajstić information content (AvgIpc) is 3.54. The molecule has 2 unspecified atom stereocenters. The van der Waals surface area contributed by atoms with E-state index in [1.807, 2.05) is 0 Å². The molecule has 0 nitrogen and oxygen atoms in total. The zero-order valence-corrected chi connectivity index (χ0v) is 29.6. The third-order valence-electron chi connectivity index (χ3n) is 10.4. The maximum Gasteiger partial charge on any atom is 0.0722 e. The summed E-state index contributed by atoms with van der Waals surface area (Å²) in [6.07, 6.45) is 6.17. The molecule has 226 valence electrons. The van der Waals surface area contributed by atoms with E-state index in [4.69, 9.17) is 0 Å². The molecule has 0 amide bonds. The number of hydrogen-bond donors (Lipinski definition) is 0. The van der Waals surface area contributed by atoms with E-state index in [-0.39, 0.29) is 10.8 Å². The largest absolute Gasteiger partial charge is 0.0722 e. The minimum Gasteiger partial charge on any atom is -0.0679 e. The Labute approximate surface area is 268 Å². The summed E-state index contributed by atoms with van der Waals surface area (Å²) in [5.74, 6) is 0. The van der Waals surface area contributed by atoms with Gasteiger partial charge in [0.15, 0.2) is 0 Å². The summed E-state index contributed by atoms with van der Waals surface area (Å²) in [4.78, 5) is 0. The van der Waals surface area contributed by atoms with Crippen LogP contribution in [0.5, 0.6) is 0 Å². The van der Waals surface area contributed by atoms with Gasteiger partial charge in [-0.15, -0.1) is 0 Å². The zero-order chi connectivity index (χ0) is 31.6. The molecule has 0 fully saturated rings. The first-order valence-corrected chi connectivity index (χ1v) is 19.7. The Morgan fingerprint density at radius 2 is 1.00 bits per heavy atom. The van der Waals surface area contributed by atoms with Crippen molar-refractivity contribution in [1.82, 2.24) is 0 Å². The van der Waals surface area contributed by atoms with Crippen molar-refractivity contribution >= 4 is 20.2 Å². The molecule has 0 radical (unpaired) electrons. The van der Waals surface area contributed by atoms with Crippen molar-refractivity contribution in [3.8, 4) is 22.3 Å². The van der Waals surface area contributed by atoms with Crippen LogP contribution in [0, 0.1) is 0 Å². The molecule has 0 saturated heterocycles. The molecule has 44 heavy (non-hydrogen) atoms. The van der Waals surface area contributed by atoms with E-state index >= 15 is 0 Å². The summed E-state index contributed by atoms with van der Waals surface area (Å²) < 4.78 is 0. The molecule has 4 aromatic carbocycles. The minimum absolute atomic E-state index is 0.159. The smallest absolute Gasteiger partial charge is 0.0679 e. The maximum absolute atomic E-state index is 2.66. The second kappa shape index (κ2) is 10.9. The van der Waals surface area contributed by atoms with E-state index in [1.165, 1.54) is 55.6 Å². The van der Waals surface area contributed by atoms with Crippen molar-refractivity contribution in [1.29, 1.82) is 0 Å². The first kappa shape index (κ1) is 30.6. The molecule has 0 bridgehead atoms. The van der Waals surface area contributed by atoms with Gasteiger partial charge in [-0.05, 0) is 79.8 Å². The van der Waals surface area contributed by atoms with Gasteiger partial charge in [0.1, 0.15) is 0 Å². The van der Waals surface area contributed by atoms with Crippen molar-refractivity contribution in [2.24, 2.45) is 0 Å². The highest BCUT2D eigenvalue weighted by Gasteiger charge is 2.47. The van der Waals surface area contributed by atoms with Gasteiger partial charge in [-0.2, -0.15) is 0 Å². The van der Waals surface area contributed by atoms with Crippen LogP contribution in [0.4, 0.5) is 0 Å². The summed E-state index contributed by atoms with van der Waals surface area (Å²) in [5.41, 5.74) is 18.6. The molecule has 0 aliphatic heterocycles. The number of allylic oxidation sites excluding steroid dienone is 2. The summed E-state index contributed by atoms with van der Waals surface area (Å²) in [6, 6.07) is 32.7. The number of rotatable bonds is 5. The molecular weight excluding hydrogens is 545 g/mol. The molecule has 6 rings (SSSR count). The van der Waals surface area contributed by atoms with Gasteiger partial charge in [0.05, 0.1) is 8.07 Å². The molecule has 0 heterocycles. The molecule has 0 N–H and O–H groups in total. The Bertz CT molecular complexity index is 1760. The Hall–Kier alpha value is -3.42. The Morgan fingerprint density at radius 3 is 1.43 bits per heavy atom. The first-order chi connectivity index (χ1) is 20.7. The van der Waals surface area contributed by atoms with Gasteiger partial charge >= 0.3 is 0 Å². The second-order valence-electron chi connectivity index (χ2n) is 15.9. The van der Waals surface area contributed by atoms with Gasteiger partial charge in [-0.3, -0.25) is 0 Å². The zero-order valence-electron chi connectivity index (χ0n) is 28.6. The van der Waals surface area contributed by atoms with E-state index in [1.54, 1.807) is 11.1 Å². The van der Waals surface area contributed by atoms with Crippen molar-refractivity contribution in [3.63, 3.8) is 0 Å². The van der Waals surface area contributed by atoms with E-state index in [9.17, 15) is 0 Å². The first-order valence-electron chi connectivity index (χ1n) is 16.6. The lowest BCUT2D eigenvalue weighted by Crippen LogP contribution is -2.42. The fraction of sp³-hybridized carbons (Fsp3) is 0.349. The summed E-state index contributed by atoms with van der Waals surface area (Å²) in [5, 5.41) is 0. The molecule has 1 heteroatoms. The monoisotopic (exact) mass is 594 g/mol. The molecule has 2 aliphatic rings.